The van der Waals surface area contributed by atoms with E-state index in [1.54, 1.807) is 11.3 Å². The van der Waals surface area contributed by atoms with Crippen molar-refractivity contribution in [3.8, 4) is 11.5 Å². The van der Waals surface area contributed by atoms with E-state index in [0.29, 0.717) is 13.2 Å². The molecule has 1 aromatic heterocycles. The zero-order valence-corrected chi connectivity index (χ0v) is 16.1. The van der Waals surface area contributed by atoms with Crippen molar-refractivity contribution in [1.29, 1.82) is 0 Å². The van der Waals surface area contributed by atoms with Gasteiger partial charge < -0.3 is 14.8 Å². The van der Waals surface area contributed by atoms with Crippen LogP contribution < -0.4 is 14.8 Å². The first-order valence-corrected chi connectivity index (χ1v) is 9.52. The number of hydrogen-bond acceptors (Lipinski definition) is 4. The highest BCUT2D eigenvalue weighted by Crippen LogP contribution is 2.32. The highest BCUT2D eigenvalue weighted by molar-refractivity contribution is 7.19. The maximum absolute atomic E-state index is 11.2. The highest BCUT2D eigenvalue weighted by atomic mass is 32.1. The third-order valence-electron chi connectivity index (χ3n) is 3.99. The molecule has 26 heavy (non-hydrogen) atoms. The zero-order chi connectivity index (χ0) is 18.5. The second kappa shape index (κ2) is 8.23. The van der Waals surface area contributed by atoms with E-state index in [-0.39, 0.29) is 11.9 Å². The molecule has 3 aromatic rings. The molecule has 0 aliphatic rings. The van der Waals surface area contributed by atoms with Crippen LogP contribution >= 0.6 is 11.3 Å². The van der Waals surface area contributed by atoms with E-state index in [0.717, 1.165) is 27.3 Å². The monoisotopic (exact) mass is 369 g/mol. The van der Waals surface area contributed by atoms with E-state index in [4.69, 9.17) is 9.47 Å². The van der Waals surface area contributed by atoms with Gasteiger partial charge in [0.15, 0.2) is 0 Å². The molecule has 136 valence electrons. The lowest BCUT2D eigenvalue weighted by atomic mass is 10.2. The number of carbonyl (C=O) groups excluding carboxylic acids is 1. The van der Waals surface area contributed by atoms with Crippen LogP contribution in [0.3, 0.4) is 0 Å². The average Bonchev–Trinajstić information content (AvgIpc) is 3.04. The summed E-state index contributed by atoms with van der Waals surface area (Å²) in [5.41, 5.74) is 1.10. The molecule has 0 fully saturated rings. The number of ether oxygens (including phenoxy) is 2. The smallest absolute Gasteiger partial charge is 0.217 e. The number of rotatable bonds is 7. The summed E-state index contributed by atoms with van der Waals surface area (Å²) in [5.74, 6) is 1.69. The van der Waals surface area contributed by atoms with Gasteiger partial charge in [-0.2, -0.15) is 0 Å². The lowest BCUT2D eigenvalue weighted by Crippen LogP contribution is -2.22. The first-order valence-electron chi connectivity index (χ1n) is 8.70. The van der Waals surface area contributed by atoms with Gasteiger partial charge in [0.05, 0.1) is 12.6 Å². The van der Waals surface area contributed by atoms with Crippen molar-refractivity contribution in [3.63, 3.8) is 0 Å². The average molecular weight is 369 g/mol. The Balaban J connectivity index is 1.67. The first-order chi connectivity index (χ1) is 12.5. The molecule has 0 aliphatic heterocycles. The molecule has 0 aliphatic carbocycles. The number of nitrogens with one attached hydrogen (secondary N) is 1. The van der Waals surface area contributed by atoms with E-state index in [1.165, 1.54) is 11.6 Å². The van der Waals surface area contributed by atoms with E-state index in [1.807, 2.05) is 50.2 Å². The molecule has 3 rings (SSSR count). The molecule has 4 nitrogen and oxygen atoms in total. The molecule has 1 heterocycles. The molecule has 5 heteroatoms. The Kier molecular flexibility index (Phi) is 5.78. The summed E-state index contributed by atoms with van der Waals surface area (Å²) in [5, 5.41) is 4.06. The van der Waals surface area contributed by atoms with E-state index < -0.39 is 0 Å². The van der Waals surface area contributed by atoms with Crippen LogP contribution in [-0.4, -0.2) is 12.5 Å². The third kappa shape index (κ3) is 4.55. The standard InChI is InChI=1S/C21H23NO3S/c1-4-24-18-7-5-16(6-8-18)13-25-19-9-10-20-17(11-19)12-21(26-20)14(2)22-15(3)23/h5-12,14H,4,13H2,1-3H3,(H,22,23). The van der Waals surface area contributed by atoms with Crippen molar-refractivity contribution < 1.29 is 14.3 Å². The molecule has 2 aromatic carbocycles. The summed E-state index contributed by atoms with van der Waals surface area (Å²) in [4.78, 5) is 12.4. The minimum atomic E-state index is -0.0191. The van der Waals surface area contributed by atoms with Gasteiger partial charge in [-0.25, -0.2) is 0 Å². The summed E-state index contributed by atoms with van der Waals surface area (Å²) >= 11 is 1.69. The summed E-state index contributed by atoms with van der Waals surface area (Å²) in [7, 11) is 0. The number of thiophene rings is 1. The van der Waals surface area contributed by atoms with Gasteiger partial charge in [0, 0.05) is 16.5 Å². The molecule has 0 saturated heterocycles. The van der Waals surface area contributed by atoms with Crippen molar-refractivity contribution in [3.05, 3.63) is 59.0 Å². The van der Waals surface area contributed by atoms with Crippen LogP contribution in [0.5, 0.6) is 11.5 Å². The van der Waals surface area contributed by atoms with Gasteiger partial charge >= 0.3 is 0 Å². The van der Waals surface area contributed by atoms with Crippen molar-refractivity contribution >= 4 is 27.3 Å². The lowest BCUT2D eigenvalue weighted by Gasteiger charge is -2.09. The molecular formula is C21H23NO3S. The van der Waals surface area contributed by atoms with Gasteiger partial charge in [-0.15, -0.1) is 11.3 Å². The van der Waals surface area contributed by atoms with E-state index in [9.17, 15) is 4.79 Å². The second-order valence-corrected chi connectivity index (χ2v) is 7.25. The van der Waals surface area contributed by atoms with Crippen LogP contribution in [0.25, 0.3) is 10.1 Å². The summed E-state index contributed by atoms with van der Waals surface area (Å²) in [6.07, 6.45) is 0. The Morgan fingerprint density at radius 1 is 1.08 bits per heavy atom. The number of benzene rings is 2. The Labute approximate surface area is 157 Å². The minimum Gasteiger partial charge on any atom is -0.494 e. The predicted molar refractivity (Wildman–Crippen MR) is 106 cm³/mol. The summed E-state index contributed by atoms with van der Waals surface area (Å²) < 4.78 is 12.6. The lowest BCUT2D eigenvalue weighted by molar-refractivity contribution is -0.119. The summed E-state index contributed by atoms with van der Waals surface area (Å²) in [6, 6.07) is 16.2. The fourth-order valence-corrected chi connectivity index (χ4v) is 3.78. The van der Waals surface area contributed by atoms with E-state index >= 15 is 0 Å². The van der Waals surface area contributed by atoms with E-state index in [2.05, 4.69) is 17.4 Å². The fraction of sp³-hybridized carbons (Fsp3) is 0.286. The van der Waals surface area contributed by atoms with Crippen LogP contribution in [0.4, 0.5) is 0 Å². The molecule has 0 radical (unpaired) electrons. The number of carbonyl (C=O) groups is 1. The highest BCUT2D eigenvalue weighted by Gasteiger charge is 2.11. The Hall–Kier alpha value is -2.53. The van der Waals surface area contributed by atoms with Crippen molar-refractivity contribution in [2.75, 3.05) is 6.61 Å². The van der Waals surface area contributed by atoms with Crippen molar-refractivity contribution in [2.24, 2.45) is 0 Å². The molecule has 0 bridgehead atoms. The molecule has 1 N–H and O–H groups in total. The quantitative estimate of drug-likeness (QED) is 0.632. The van der Waals surface area contributed by atoms with Gasteiger partial charge in [-0.05, 0) is 61.2 Å². The summed E-state index contributed by atoms with van der Waals surface area (Å²) in [6.45, 7) is 6.68. The Bertz CT molecular complexity index is 886. The maximum atomic E-state index is 11.2. The molecule has 0 spiro atoms. The molecule has 1 amide bonds. The predicted octanol–water partition coefficient (Wildman–Crippen LogP) is 5.08. The maximum Gasteiger partial charge on any atom is 0.217 e. The van der Waals surface area contributed by atoms with Crippen LogP contribution in [0.15, 0.2) is 48.5 Å². The minimum absolute atomic E-state index is 0.0122. The topological polar surface area (TPSA) is 47.6 Å². The third-order valence-corrected chi connectivity index (χ3v) is 5.29. The molecule has 1 unspecified atom stereocenters. The SMILES string of the molecule is CCOc1ccc(COc2ccc3sc(C(C)NC(C)=O)cc3c2)cc1. The van der Waals surface area contributed by atoms with Crippen LogP contribution in [-0.2, 0) is 11.4 Å². The normalized spacial score (nSPS) is 12.0. The molecule has 1 atom stereocenters. The fourth-order valence-electron chi connectivity index (χ4n) is 2.74. The van der Waals surface area contributed by atoms with Crippen LogP contribution in [0.1, 0.15) is 37.3 Å². The van der Waals surface area contributed by atoms with Crippen molar-refractivity contribution in [2.45, 2.75) is 33.4 Å². The largest absolute Gasteiger partial charge is 0.494 e. The van der Waals surface area contributed by atoms with Gasteiger partial charge in [0.2, 0.25) is 5.91 Å². The number of fused-ring (bicyclic) bond motifs is 1. The number of amides is 1. The first kappa shape index (κ1) is 18.3. The number of hydrogen-bond donors (Lipinski definition) is 1. The Morgan fingerprint density at radius 3 is 2.50 bits per heavy atom. The van der Waals surface area contributed by atoms with Crippen LogP contribution in [0, 0.1) is 0 Å². The van der Waals surface area contributed by atoms with Crippen molar-refractivity contribution in [1.82, 2.24) is 5.32 Å². The molecular weight excluding hydrogens is 346 g/mol. The van der Waals surface area contributed by atoms with Gasteiger partial charge in [-0.1, -0.05) is 12.1 Å². The van der Waals surface area contributed by atoms with Gasteiger partial charge in [0.1, 0.15) is 18.1 Å². The zero-order valence-electron chi connectivity index (χ0n) is 15.2. The van der Waals surface area contributed by atoms with Gasteiger partial charge in [-0.3, -0.25) is 4.79 Å². The Morgan fingerprint density at radius 2 is 1.81 bits per heavy atom. The molecule has 0 saturated carbocycles. The van der Waals surface area contributed by atoms with Gasteiger partial charge in [0.25, 0.3) is 0 Å². The van der Waals surface area contributed by atoms with Crippen LogP contribution in [0.2, 0.25) is 0 Å². The second-order valence-electron chi connectivity index (χ2n) is 6.14.